The summed E-state index contributed by atoms with van der Waals surface area (Å²) in [6, 6.07) is 0. The maximum atomic E-state index is 12.3. The first kappa shape index (κ1) is 64.7. The molecule has 0 rings (SSSR count). The molecule has 0 bridgehead atoms. The molecule has 386 valence electrons. The van der Waals surface area contributed by atoms with Gasteiger partial charge in [-0.2, -0.15) is 0 Å². The van der Waals surface area contributed by atoms with E-state index in [-0.39, 0.29) is 31.6 Å². The van der Waals surface area contributed by atoms with Crippen molar-refractivity contribution in [2.24, 2.45) is 0 Å². The van der Waals surface area contributed by atoms with Gasteiger partial charge in [0.25, 0.3) is 0 Å². The van der Waals surface area contributed by atoms with Crippen LogP contribution in [0.4, 0.5) is 0 Å². The van der Waals surface area contributed by atoms with Crippen molar-refractivity contribution in [3.8, 4) is 0 Å². The normalized spacial score (nSPS) is 13.8. The summed E-state index contributed by atoms with van der Waals surface area (Å²) in [6.07, 6.45) is 93.9. The highest BCUT2D eigenvalue weighted by Crippen LogP contribution is 2.10. The summed E-state index contributed by atoms with van der Waals surface area (Å²) in [4.78, 5) is 24.4. The molecule has 5 nitrogen and oxygen atoms in total. The highest BCUT2D eigenvalue weighted by molar-refractivity contribution is 5.70. The number of unbranched alkanes of at least 4 members (excludes halogenated alkanes) is 6. The van der Waals surface area contributed by atoms with Crippen LogP contribution in [-0.4, -0.2) is 36.4 Å². The molecular weight excluding hydrogens is 861 g/mol. The number of carbonyl (C=O) groups excluding carboxylic acids is 2. The molecule has 0 spiro atoms. The van der Waals surface area contributed by atoms with E-state index in [2.05, 4.69) is 208 Å². The minimum atomic E-state index is -0.822. The molecule has 0 aromatic rings. The van der Waals surface area contributed by atoms with Crippen molar-refractivity contribution >= 4 is 11.9 Å². The molecule has 5 heteroatoms. The number of hydrogen-bond acceptors (Lipinski definition) is 5. The van der Waals surface area contributed by atoms with E-state index in [0.29, 0.717) is 12.8 Å². The van der Waals surface area contributed by atoms with E-state index in [1.165, 1.54) is 0 Å². The van der Waals surface area contributed by atoms with Gasteiger partial charge in [0.1, 0.15) is 6.61 Å². The Morgan fingerprint density at radius 1 is 0.329 bits per heavy atom. The Morgan fingerprint density at radius 3 is 0.900 bits per heavy atom. The molecule has 0 aromatic heterocycles. The van der Waals surface area contributed by atoms with Gasteiger partial charge in [0, 0.05) is 12.8 Å². The monoisotopic (exact) mass is 957 g/mol. The number of aliphatic hydroxyl groups is 1. The van der Waals surface area contributed by atoms with Crippen molar-refractivity contribution in [3.05, 3.63) is 194 Å². The Balaban J connectivity index is 3.73. The van der Waals surface area contributed by atoms with Gasteiger partial charge < -0.3 is 14.6 Å². The Kier molecular flexibility index (Phi) is 53.7. The van der Waals surface area contributed by atoms with Crippen molar-refractivity contribution in [1.82, 2.24) is 0 Å². The van der Waals surface area contributed by atoms with Gasteiger partial charge in [0.15, 0.2) is 6.10 Å². The van der Waals surface area contributed by atoms with Gasteiger partial charge in [0.05, 0.1) is 6.61 Å². The number of hydrogen-bond donors (Lipinski definition) is 1. The lowest BCUT2D eigenvalue weighted by Crippen LogP contribution is -2.28. The molecule has 0 saturated carbocycles. The van der Waals surface area contributed by atoms with Gasteiger partial charge in [0.2, 0.25) is 0 Å². The van der Waals surface area contributed by atoms with Gasteiger partial charge in [-0.3, -0.25) is 9.59 Å². The molecule has 0 radical (unpaired) electrons. The van der Waals surface area contributed by atoms with E-state index < -0.39 is 6.10 Å². The van der Waals surface area contributed by atoms with Crippen molar-refractivity contribution in [3.63, 3.8) is 0 Å². The average Bonchev–Trinajstić information content (AvgIpc) is 3.36. The number of carbonyl (C=O) groups is 2. The molecule has 0 heterocycles. The molecule has 0 aromatic carbocycles. The molecule has 1 N–H and O–H groups in total. The first-order valence-electron chi connectivity index (χ1n) is 27.0. The number of allylic oxidation sites excluding steroid dienone is 32. The van der Waals surface area contributed by atoms with Gasteiger partial charge in [-0.15, -0.1) is 0 Å². The zero-order chi connectivity index (χ0) is 50.6. The minimum Gasteiger partial charge on any atom is -0.462 e. The van der Waals surface area contributed by atoms with E-state index in [0.717, 1.165) is 148 Å². The van der Waals surface area contributed by atoms with E-state index >= 15 is 0 Å². The fourth-order valence-electron chi connectivity index (χ4n) is 6.42. The lowest BCUT2D eigenvalue weighted by atomic mass is 10.1. The van der Waals surface area contributed by atoms with Gasteiger partial charge in [-0.1, -0.05) is 228 Å². The summed E-state index contributed by atoms with van der Waals surface area (Å²) in [7, 11) is 0. The quantitative estimate of drug-likeness (QED) is 0.0374. The van der Waals surface area contributed by atoms with Crippen LogP contribution in [0.5, 0.6) is 0 Å². The summed E-state index contributed by atoms with van der Waals surface area (Å²) in [5.41, 5.74) is 0. The van der Waals surface area contributed by atoms with Crippen molar-refractivity contribution in [2.75, 3.05) is 13.2 Å². The third kappa shape index (κ3) is 55.3. The molecule has 1 unspecified atom stereocenters. The summed E-state index contributed by atoms with van der Waals surface area (Å²) in [6.45, 7) is 3.82. The van der Waals surface area contributed by atoms with E-state index in [1.807, 2.05) is 0 Å². The van der Waals surface area contributed by atoms with Crippen LogP contribution in [0.3, 0.4) is 0 Å². The lowest BCUT2D eigenvalue weighted by molar-refractivity contribution is -0.161. The predicted octanol–water partition coefficient (Wildman–Crippen LogP) is 18.5. The van der Waals surface area contributed by atoms with Crippen LogP contribution in [0, 0.1) is 0 Å². The topological polar surface area (TPSA) is 72.8 Å². The molecule has 0 saturated heterocycles. The van der Waals surface area contributed by atoms with Crippen LogP contribution in [0.15, 0.2) is 194 Å². The van der Waals surface area contributed by atoms with E-state index in [9.17, 15) is 14.7 Å². The third-order valence-corrected chi connectivity index (χ3v) is 10.4. The summed E-state index contributed by atoms with van der Waals surface area (Å²) >= 11 is 0. The molecule has 0 fully saturated rings. The second kappa shape index (κ2) is 58.1. The largest absolute Gasteiger partial charge is 0.462 e. The Morgan fingerprint density at radius 2 is 0.586 bits per heavy atom. The summed E-state index contributed by atoms with van der Waals surface area (Å²) in [5, 5.41) is 9.62. The number of esters is 2. The van der Waals surface area contributed by atoms with Crippen LogP contribution in [0.2, 0.25) is 0 Å². The molecule has 0 amide bonds. The average molecular weight is 957 g/mol. The molecule has 1 atom stereocenters. The smallest absolute Gasteiger partial charge is 0.306 e. The van der Waals surface area contributed by atoms with Crippen LogP contribution in [0.25, 0.3) is 0 Å². The van der Waals surface area contributed by atoms with Crippen LogP contribution >= 0.6 is 0 Å². The zero-order valence-corrected chi connectivity index (χ0v) is 43.9. The van der Waals surface area contributed by atoms with Gasteiger partial charge >= 0.3 is 11.9 Å². The van der Waals surface area contributed by atoms with Crippen molar-refractivity contribution in [2.45, 2.75) is 187 Å². The van der Waals surface area contributed by atoms with Crippen molar-refractivity contribution in [1.29, 1.82) is 0 Å². The van der Waals surface area contributed by atoms with E-state index in [4.69, 9.17) is 9.47 Å². The third-order valence-electron chi connectivity index (χ3n) is 10.4. The highest BCUT2D eigenvalue weighted by Gasteiger charge is 2.16. The molecule has 70 heavy (non-hydrogen) atoms. The second-order valence-corrected chi connectivity index (χ2v) is 16.8. The highest BCUT2D eigenvalue weighted by atomic mass is 16.6. The molecule has 0 aliphatic heterocycles. The standard InChI is InChI=1S/C65H96O5/c1-3-5-7-9-11-13-15-17-19-21-22-23-24-25-26-27-28-29-30-31-32-33-34-35-36-37-38-39-40-41-42-44-46-48-50-52-54-56-58-60-65(68)70-63(61-66)62-69-64(67)59-57-55-53-51-49-47-45-43-20-18-16-14-12-10-8-6-4-2/h5-8,11-14,17-20,22-23,25-26,28-29,31-32,34-35,37-38,40-41,44-47,51,53,63,66H,3-4,9-10,15-16,21,24,27,30,33,36,39,42-43,48-50,52,54-62H2,1-2H3/b7-5-,8-6-,13-11-,14-12-,19-17-,20-18-,23-22-,26-25-,29-28-,32-31-,35-34-,38-37-,41-40-,46-44-,47-45-,53-51-. The summed E-state index contributed by atoms with van der Waals surface area (Å²) < 4.78 is 10.6. The number of ether oxygens (including phenoxy) is 2. The Hall–Kier alpha value is -5.26. The number of rotatable bonds is 46. The van der Waals surface area contributed by atoms with E-state index in [1.54, 1.807) is 0 Å². The lowest BCUT2D eigenvalue weighted by Gasteiger charge is -2.15. The SMILES string of the molecule is CC/C=C\C/C=C\C/C=C\C/C=C\C/C=C\C/C=C\C/C=C\C/C=C\C/C=C\C/C=C\C/C=C\CCCCCCCC(=O)OC(CO)COC(=O)CCC/C=C\C/C=C\C/C=C\C/C=C\C/C=C\CC. The Labute approximate surface area is 428 Å². The zero-order valence-electron chi connectivity index (χ0n) is 43.9. The van der Waals surface area contributed by atoms with Crippen molar-refractivity contribution < 1.29 is 24.2 Å². The first-order valence-corrected chi connectivity index (χ1v) is 27.0. The van der Waals surface area contributed by atoms with Crippen LogP contribution < -0.4 is 0 Å². The summed E-state index contributed by atoms with van der Waals surface area (Å²) in [5.74, 6) is -0.701. The van der Waals surface area contributed by atoms with Crippen LogP contribution in [0.1, 0.15) is 181 Å². The fraction of sp³-hybridized carbons (Fsp3) is 0.477. The minimum absolute atomic E-state index is 0.117. The second-order valence-electron chi connectivity index (χ2n) is 16.8. The van der Waals surface area contributed by atoms with Gasteiger partial charge in [-0.05, 0) is 135 Å². The molecule has 0 aliphatic carbocycles. The maximum absolute atomic E-state index is 12.3. The number of aliphatic hydroxyl groups excluding tert-OH is 1. The molecular formula is C65H96O5. The maximum Gasteiger partial charge on any atom is 0.306 e. The van der Waals surface area contributed by atoms with Crippen LogP contribution in [-0.2, 0) is 19.1 Å². The molecule has 0 aliphatic rings. The first-order chi connectivity index (χ1) is 34.6. The fourth-order valence-corrected chi connectivity index (χ4v) is 6.42. The van der Waals surface area contributed by atoms with Gasteiger partial charge in [-0.25, -0.2) is 0 Å². The Bertz CT molecular complexity index is 1700. The predicted molar refractivity (Wildman–Crippen MR) is 306 cm³/mol.